The molecule has 0 aromatic heterocycles. The highest BCUT2D eigenvalue weighted by Gasteiger charge is 2.39. The van der Waals surface area contributed by atoms with Gasteiger partial charge in [-0.3, -0.25) is 9.59 Å². The van der Waals surface area contributed by atoms with Crippen molar-refractivity contribution in [3.8, 4) is 0 Å². The summed E-state index contributed by atoms with van der Waals surface area (Å²) >= 11 is 3.35. The highest BCUT2D eigenvalue weighted by atomic mass is 79.9. The van der Waals surface area contributed by atoms with Crippen molar-refractivity contribution in [2.45, 2.75) is 32.8 Å². The van der Waals surface area contributed by atoms with Crippen molar-refractivity contribution in [3.63, 3.8) is 0 Å². The molecule has 18 heavy (non-hydrogen) atoms. The highest BCUT2D eigenvalue weighted by molar-refractivity contribution is 9.10. The minimum atomic E-state index is -0.696. The van der Waals surface area contributed by atoms with Crippen LogP contribution in [-0.2, 0) is 16.0 Å². The first-order valence-corrected chi connectivity index (χ1v) is 6.63. The molecule has 0 bridgehead atoms. The molecule has 1 aliphatic carbocycles. The third kappa shape index (κ3) is 2.48. The van der Waals surface area contributed by atoms with E-state index < -0.39 is 17.5 Å². The van der Waals surface area contributed by atoms with Gasteiger partial charge in [0.05, 0.1) is 0 Å². The molecule has 0 radical (unpaired) electrons. The standard InChI is InChI=1S/C14H15BrO3/c1-14(2,3)18-13(17)9-7-8-5-4-6-10(15)11(8)12(9)16/h4-6,9H,7H2,1-3H3. The van der Waals surface area contributed by atoms with Gasteiger partial charge in [0.1, 0.15) is 11.5 Å². The summed E-state index contributed by atoms with van der Waals surface area (Å²) < 4.78 is 6.03. The SMILES string of the molecule is CC(C)(C)OC(=O)C1Cc2cccc(Br)c2C1=O. The van der Waals surface area contributed by atoms with Crippen molar-refractivity contribution >= 4 is 27.7 Å². The lowest BCUT2D eigenvalue weighted by Gasteiger charge is -2.21. The van der Waals surface area contributed by atoms with Crippen molar-refractivity contribution in [2.75, 3.05) is 0 Å². The van der Waals surface area contributed by atoms with E-state index in [1.807, 2.05) is 18.2 Å². The van der Waals surface area contributed by atoms with E-state index in [0.29, 0.717) is 12.0 Å². The van der Waals surface area contributed by atoms with E-state index in [9.17, 15) is 9.59 Å². The Morgan fingerprint density at radius 2 is 2.06 bits per heavy atom. The van der Waals surface area contributed by atoms with E-state index in [2.05, 4.69) is 15.9 Å². The van der Waals surface area contributed by atoms with Crippen molar-refractivity contribution in [3.05, 3.63) is 33.8 Å². The lowest BCUT2D eigenvalue weighted by molar-refractivity contribution is -0.157. The molecule has 0 fully saturated rings. The van der Waals surface area contributed by atoms with E-state index >= 15 is 0 Å². The number of carbonyl (C=O) groups excluding carboxylic acids is 2. The summed E-state index contributed by atoms with van der Waals surface area (Å²) in [5.41, 5.74) is 0.960. The van der Waals surface area contributed by atoms with Gasteiger partial charge in [-0.15, -0.1) is 0 Å². The molecule has 2 rings (SSSR count). The Hall–Kier alpha value is -1.16. The number of carbonyl (C=O) groups is 2. The Balaban J connectivity index is 2.25. The number of halogens is 1. The third-order valence-corrected chi connectivity index (χ3v) is 3.44. The van der Waals surface area contributed by atoms with Crippen LogP contribution in [-0.4, -0.2) is 17.4 Å². The van der Waals surface area contributed by atoms with Gasteiger partial charge in [0.15, 0.2) is 5.78 Å². The summed E-state index contributed by atoms with van der Waals surface area (Å²) in [5.74, 6) is -1.28. The Morgan fingerprint density at radius 3 is 2.61 bits per heavy atom. The third-order valence-electron chi connectivity index (χ3n) is 2.78. The van der Waals surface area contributed by atoms with Crippen LogP contribution in [0.25, 0.3) is 0 Å². The fraction of sp³-hybridized carbons (Fsp3) is 0.429. The van der Waals surface area contributed by atoms with Crippen molar-refractivity contribution in [2.24, 2.45) is 5.92 Å². The van der Waals surface area contributed by atoms with Gasteiger partial charge in [0, 0.05) is 10.0 Å². The fourth-order valence-electron chi connectivity index (χ4n) is 2.06. The van der Waals surface area contributed by atoms with Crippen LogP contribution < -0.4 is 0 Å². The van der Waals surface area contributed by atoms with Crippen molar-refractivity contribution < 1.29 is 14.3 Å². The topological polar surface area (TPSA) is 43.4 Å². The number of hydrogen-bond acceptors (Lipinski definition) is 3. The number of esters is 1. The smallest absolute Gasteiger partial charge is 0.317 e. The van der Waals surface area contributed by atoms with E-state index in [4.69, 9.17) is 4.74 Å². The van der Waals surface area contributed by atoms with Crippen LogP contribution in [0.1, 0.15) is 36.7 Å². The quantitative estimate of drug-likeness (QED) is 0.591. The first-order chi connectivity index (χ1) is 8.29. The minimum absolute atomic E-state index is 0.147. The second-order valence-electron chi connectivity index (χ2n) is 5.43. The predicted molar refractivity (Wildman–Crippen MR) is 71.5 cm³/mol. The summed E-state index contributed by atoms with van der Waals surface area (Å²) in [4.78, 5) is 24.2. The summed E-state index contributed by atoms with van der Waals surface area (Å²) in [6.45, 7) is 5.40. The highest BCUT2D eigenvalue weighted by Crippen LogP contribution is 2.33. The van der Waals surface area contributed by atoms with E-state index in [1.54, 1.807) is 20.8 Å². The zero-order valence-corrected chi connectivity index (χ0v) is 12.2. The molecule has 96 valence electrons. The first kappa shape index (κ1) is 13.3. The number of rotatable bonds is 1. The summed E-state index contributed by atoms with van der Waals surface area (Å²) in [6, 6.07) is 5.56. The molecule has 0 N–H and O–H groups in total. The van der Waals surface area contributed by atoms with Gasteiger partial charge < -0.3 is 4.74 Å². The normalized spacial score (nSPS) is 18.7. The van der Waals surface area contributed by atoms with Crippen LogP contribution in [0.3, 0.4) is 0 Å². The van der Waals surface area contributed by atoms with E-state index in [0.717, 1.165) is 10.0 Å². The molecule has 0 saturated carbocycles. The monoisotopic (exact) mass is 310 g/mol. The van der Waals surface area contributed by atoms with Crippen LogP contribution in [0.15, 0.2) is 22.7 Å². The number of hydrogen-bond donors (Lipinski definition) is 0. The molecule has 1 unspecified atom stereocenters. The second-order valence-corrected chi connectivity index (χ2v) is 6.28. The van der Waals surface area contributed by atoms with Crippen molar-refractivity contribution in [1.29, 1.82) is 0 Å². The Labute approximate surface area is 115 Å². The lowest BCUT2D eigenvalue weighted by atomic mass is 10.1. The number of benzene rings is 1. The first-order valence-electron chi connectivity index (χ1n) is 5.84. The predicted octanol–water partition coefficient (Wildman–Crippen LogP) is 3.15. The number of Topliss-reactive ketones (excluding diaryl/α,β-unsaturated/α-hetero) is 1. The molecule has 0 amide bonds. The molecule has 1 aromatic rings. The Kier molecular flexibility index (Phi) is 3.32. The molecule has 0 heterocycles. The second kappa shape index (κ2) is 4.50. The maximum Gasteiger partial charge on any atom is 0.317 e. The zero-order valence-electron chi connectivity index (χ0n) is 10.6. The summed E-state index contributed by atoms with van der Waals surface area (Å²) in [5, 5.41) is 0. The van der Waals surface area contributed by atoms with Gasteiger partial charge in [0.25, 0.3) is 0 Å². The molecule has 1 aliphatic rings. The number of ether oxygens (including phenoxy) is 1. The van der Waals surface area contributed by atoms with Crippen LogP contribution >= 0.6 is 15.9 Å². The molecular weight excluding hydrogens is 296 g/mol. The fourth-order valence-corrected chi connectivity index (χ4v) is 2.67. The minimum Gasteiger partial charge on any atom is -0.459 e. The average molecular weight is 311 g/mol. The van der Waals surface area contributed by atoms with Gasteiger partial charge in [-0.25, -0.2) is 0 Å². The molecule has 0 saturated heterocycles. The molecular formula is C14H15BrO3. The zero-order chi connectivity index (χ0) is 13.5. The van der Waals surface area contributed by atoms with Crippen LogP contribution in [0.4, 0.5) is 0 Å². The largest absolute Gasteiger partial charge is 0.459 e. The van der Waals surface area contributed by atoms with Crippen LogP contribution in [0.5, 0.6) is 0 Å². The molecule has 4 heteroatoms. The lowest BCUT2D eigenvalue weighted by Crippen LogP contribution is -2.31. The molecule has 1 atom stereocenters. The maximum absolute atomic E-state index is 12.2. The number of fused-ring (bicyclic) bond motifs is 1. The van der Waals surface area contributed by atoms with Crippen LogP contribution in [0.2, 0.25) is 0 Å². The summed E-state index contributed by atoms with van der Waals surface area (Å²) in [7, 11) is 0. The van der Waals surface area contributed by atoms with Crippen LogP contribution in [0, 0.1) is 5.92 Å². The molecule has 3 nitrogen and oxygen atoms in total. The van der Waals surface area contributed by atoms with Gasteiger partial charge in [-0.2, -0.15) is 0 Å². The Bertz CT molecular complexity index is 514. The van der Waals surface area contributed by atoms with Gasteiger partial charge in [-0.1, -0.05) is 28.1 Å². The van der Waals surface area contributed by atoms with Crippen molar-refractivity contribution in [1.82, 2.24) is 0 Å². The average Bonchev–Trinajstić information content (AvgIpc) is 2.55. The molecule has 1 aromatic carbocycles. The van der Waals surface area contributed by atoms with Gasteiger partial charge in [-0.05, 0) is 38.8 Å². The number of ketones is 1. The van der Waals surface area contributed by atoms with E-state index in [1.165, 1.54) is 0 Å². The Morgan fingerprint density at radius 1 is 1.39 bits per heavy atom. The van der Waals surface area contributed by atoms with E-state index in [-0.39, 0.29) is 5.78 Å². The molecule has 0 spiro atoms. The molecule has 0 aliphatic heterocycles. The van der Waals surface area contributed by atoms with Gasteiger partial charge >= 0.3 is 5.97 Å². The van der Waals surface area contributed by atoms with Gasteiger partial charge in [0.2, 0.25) is 0 Å². The maximum atomic E-state index is 12.2. The summed E-state index contributed by atoms with van der Waals surface area (Å²) in [6.07, 6.45) is 0.433.